The highest BCUT2D eigenvalue weighted by atomic mass is 35.5. The van der Waals surface area contributed by atoms with Crippen molar-refractivity contribution < 1.29 is 9.52 Å². The molecule has 1 unspecified atom stereocenters. The Morgan fingerprint density at radius 1 is 1.24 bits per heavy atom. The average molecular weight is 251 g/mol. The molecule has 1 atom stereocenters. The fraction of sp³-hybridized carbons (Fsp3) is 0.286. The Kier molecular flexibility index (Phi) is 3.87. The van der Waals surface area contributed by atoms with Gasteiger partial charge in [0.05, 0.1) is 12.4 Å². The second-order valence-corrected chi connectivity index (χ2v) is 4.44. The van der Waals surface area contributed by atoms with Crippen molar-refractivity contribution in [2.24, 2.45) is 0 Å². The molecule has 0 spiro atoms. The predicted molar refractivity (Wildman–Crippen MR) is 68.2 cm³/mol. The summed E-state index contributed by atoms with van der Waals surface area (Å²) in [4.78, 5) is 0. The largest absolute Gasteiger partial charge is 0.469 e. The first-order chi connectivity index (χ1) is 8.20. The summed E-state index contributed by atoms with van der Waals surface area (Å²) in [7, 11) is 0. The maximum Gasteiger partial charge on any atom is 0.109 e. The molecule has 1 N–H and O–H groups in total. The lowest BCUT2D eigenvalue weighted by Crippen LogP contribution is -2.02. The van der Waals surface area contributed by atoms with E-state index >= 15 is 0 Å². The second-order valence-electron chi connectivity index (χ2n) is 4.00. The third-order valence-electron chi connectivity index (χ3n) is 2.80. The van der Waals surface area contributed by atoms with Crippen molar-refractivity contribution in [2.45, 2.75) is 25.9 Å². The van der Waals surface area contributed by atoms with Gasteiger partial charge in [0.15, 0.2) is 0 Å². The summed E-state index contributed by atoms with van der Waals surface area (Å²) in [6.07, 6.45) is 2.47. The van der Waals surface area contributed by atoms with E-state index in [0.717, 1.165) is 23.3 Å². The molecular formula is C14H15ClO2. The maximum atomic E-state index is 10.2. The Labute approximate surface area is 106 Å². The van der Waals surface area contributed by atoms with Crippen LogP contribution < -0.4 is 0 Å². The van der Waals surface area contributed by atoms with Gasteiger partial charge >= 0.3 is 0 Å². The van der Waals surface area contributed by atoms with Crippen LogP contribution in [0.25, 0.3) is 0 Å². The van der Waals surface area contributed by atoms with Gasteiger partial charge in [0.25, 0.3) is 0 Å². The topological polar surface area (TPSA) is 33.4 Å². The van der Waals surface area contributed by atoms with Crippen LogP contribution in [0, 0.1) is 0 Å². The fourth-order valence-corrected chi connectivity index (χ4v) is 2.01. The molecule has 3 heteroatoms. The average Bonchev–Trinajstić information content (AvgIpc) is 2.80. The minimum absolute atomic E-state index is 0.523. The molecule has 0 aliphatic carbocycles. The third-order valence-corrected chi connectivity index (χ3v) is 3.05. The molecule has 2 nitrogen and oxygen atoms in total. The molecule has 0 fully saturated rings. The molecule has 0 aliphatic rings. The number of aryl methyl sites for hydroxylation is 1. The Bertz CT molecular complexity index is 473. The van der Waals surface area contributed by atoms with Gasteiger partial charge in [0.2, 0.25) is 0 Å². The van der Waals surface area contributed by atoms with Crippen molar-refractivity contribution in [1.29, 1.82) is 0 Å². The van der Waals surface area contributed by atoms with Gasteiger partial charge in [-0.1, -0.05) is 30.7 Å². The van der Waals surface area contributed by atoms with Crippen LogP contribution in [0.2, 0.25) is 5.02 Å². The lowest BCUT2D eigenvalue weighted by Gasteiger charge is -2.10. The molecule has 0 aliphatic heterocycles. The maximum absolute atomic E-state index is 10.2. The van der Waals surface area contributed by atoms with E-state index in [4.69, 9.17) is 16.0 Å². The van der Waals surface area contributed by atoms with Gasteiger partial charge in [-0.15, -0.1) is 0 Å². The van der Waals surface area contributed by atoms with Crippen LogP contribution in [0.5, 0.6) is 0 Å². The lowest BCUT2D eigenvalue weighted by molar-refractivity contribution is 0.176. The number of rotatable bonds is 4. The molecule has 1 aromatic heterocycles. The van der Waals surface area contributed by atoms with Crippen molar-refractivity contribution >= 4 is 11.6 Å². The summed E-state index contributed by atoms with van der Waals surface area (Å²) >= 11 is 5.82. The van der Waals surface area contributed by atoms with Crippen LogP contribution in [0.15, 0.2) is 41.0 Å². The van der Waals surface area contributed by atoms with E-state index < -0.39 is 6.10 Å². The van der Waals surface area contributed by atoms with Gasteiger partial charge in [0.1, 0.15) is 5.76 Å². The van der Waals surface area contributed by atoms with Gasteiger partial charge in [-0.3, -0.25) is 0 Å². The number of halogens is 1. The molecule has 0 saturated carbocycles. The highest BCUT2D eigenvalue weighted by Crippen LogP contribution is 2.24. The summed E-state index contributed by atoms with van der Waals surface area (Å²) in [5.74, 6) is 0.853. The van der Waals surface area contributed by atoms with E-state index in [9.17, 15) is 5.11 Å². The first kappa shape index (κ1) is 12.2. The quantitative estimate of drug-likeness (QED) is 0.896. The zero-order valence-corrected chi connectivity index (χ0v) is 10.4. The van der Waals surface area contributed by atoms with Gasteiger partial charge in [-0.25, -0.2) is 0 Å². The minimum atomic E-state index is -0.523. The van der Waals surface area contributed by atoms with Gasteiger partial charge in [-0.2, -0.15) is 0 Å². The Morgan fingerprint density at radius 2 is 1.94 bits per heavy atom. The first-order valence-corrected chi connectivity index (χ1v) is 6.07. The molecule has 0 amide bonds. The van der Waals surface area contributed by atoms with E-state index in [0.29, 0.717) is 11.4 Å². The number of furan rings is 1. The van der Waals surface area contributed by atoms with Crippen LogP contribution in [-0.2, 0) is 12.8 Å². The van der Waals surface area contributed by atoms with Gasteiger partial charge in [0, 0.05) is 23.4 Å². The molecule has 2 rings (SSSR count). The Morgan fingerprint density at radius 3 is 2.59 bits per heavy atom. The predicted octanol–water partition coefficient (Wildman–Crippen LogP) is 3.77. The molecule has 0 bridgehead atoms. The zero-order chi connectivity index (χ0) is 12.3. The molecule has 90 valence electrons. The van der Waals surface area contributed by atoms with Gasteiger partial charge < -0.3 is 9.52 Å². The standard InChI is InChI=1S/C14H15ClO2/c1-2-14-12(7-8-17-14)13(16)9-10-3-5-11(15)6-4-10/h3-8,13,16H,2,9H2,1H3. The smallest absolute Gasteiger partial charge is 0.109 e. The summed E-state index contributed by atoms with van der Waals surface area (Å²) < 4.78 is 5.31. The molecule has 2 aromatic rings. The third kappa shape index (κ3) is 2.90. The van der Waals surface area contributed by atoms with Crippen molar-refractivity contribution in [3.8, 4) is 0 Å². The fourth-order valence-electron chi connectivity index (χ4n) is 1.89. The van der Waals surface area contributed by atoms with Gasteiger partial charge in [-0.05, 0) is 23.8 Å². The van der Waals surface area contributed by atoms with E-state index in [2.05, 4.69) is 0 Å². The summed E-state index contributed by atoms with van der Waals surface area (Å²) in [6.45, 7) is 2.01. The van der Waals surface area contributed by atoms with E-state index in [-0.39, 0.29) is 0 Å². The van der Waals surface area contributed by atoms with Crippen LogP contribution >= 0.6 is 11.6 Å². The van der Waals surface area contributed by atoms with Crippen molar-refractivity contribution in [1.82, 2.24) is 0 Å². The molecule has 17 heavy (non-hydrogen) atoms. The SMILES string of the molecule is CCc1occc1C(O)Cc1ccc(Cl)cc1. The van der Waals surface area contributed by atoms with E-state index in [1.807, 2.05) is 37.3 Å². The highest BCUT2D eigenvalue weighted by Gasteiger charge is 2.14. The molecule has 0 radical (unpaired) electrons. The number of hydrogen-bond donors (Lipinski definition) is 1. The van der Waals surface area contributed by atoms with Crippen LogP contribution in [-0.4, -0.2) is 5.11 Å². The number of aliphatic hydroxyl groups excluding tert-OH is 1. The number of aliphatic hydroxyl groups is 1. The van der Waals surface area contributed by atoms with Crippen LogP contribution in [0.4, 0.5) is 0 Å². The van der Waals surface area contributed by atoms with Crippen molar-refractivity contribution in [3.05, 3.63) is 58.5 Å². The number of hydrogen-bond acceptors (Lipinski definition) is 2. The van der Waals surface area contributed by atoms with Crippen molar-refractivity contribution in [3.63, 3.8) is 0 Å². The number of benzene rings is 1. The van der Waals surface area contributed by atoms with E-state index in [1.54, 1.807) is 6.26 Å². The van der Waals surface area contributed by atoms with E-state index in [1.165, 1.54) is 0 Å². The molecule has 1 heterocycles. The highest BCUT2D eigenvalue weighted by molar-refractivity contribution is 6.30. The van der Waals surface area contributed by atoms with Crippen molar-refractivity contribution in [2.75, 3.05) is 0 Å². The first-order valence-electron chi connectivity index (χ1n) is 5.69. The van der Waals surface area contributed by atoms with Crippen LogP contribution in [0.3, 0.4) is 0 Å². The molecule has 0 saturated heterocycles. The summed E-state index contributed by atoms with van der Waals surface area (Å²) in [5, 5.41) is 10.9. The second kappa shape index (κ2) is 5.39. The normalized spacial score (nSPS) is 12.6. The Balaban J connectivity index is 2.11. The minimum Gasteiger partial charge on any atom is -0.469 e. The monoisotopic (exact) mass is 250 g/mol. The Hall–Kier alpha value is -1.25. The summed E-state index contributed by atoms with van der Waals surface area (Å²) in [6, 6.07) is 9.35. The zero-order valence-electron chi connectivity index (χ0n) is 9.69. The summed E-state index contributed by atoms with van der Waals surface area (Å²) in [5.41, 5.74) is 1.94. The van der Waals surface area contributed by atoms with Crippen LogP contribution in [0.1, 0.15) is 29.9 Å². The molecule has 1 aromatic carbocycles. The lowest BCUT2D eigenvalue weighted by atomic mass is 10.0. The molecular weight excluding hydrogens is 236 g/mol.